The van der Waals surface area contributed by atoms with Gasteiger partial charge in [0.1, 0.15) is 6.33 Å². The highest BCUT2D eigenvalue weighted by Gasteiger charge is 2.63. The molecule has 342 valence electrons. The van der Waals surface area contributed by atoms with Crippen molar-refractivity contribution >= 4 is 63.2 Å². The summed E-state index contributed by atoms with van der Waals surface area (Å²) >= 11 is 7.11. The Morgan fingerprint density at radius 2 is 1.10 bits per heavy atom. The highest BCUT2D eigenvalue weighted by atomic mass is 35.5. The number of benzene rings is 5. The van der Waals surface area contributed by atoms with Crippen LogP contribution >= 0.6 is 11.6 Å². The summed E-state index contributed by atoms with van der Waals surface area (Å²) in [5.74, 6) is 6.57. The van der Waals surface area contributed by atoms with E-state index in [1.54, 1.807) is 5.56 Å². The number of para-hydroxylation sites is 1. The van der Waals surface area contributed by atoms with E-state index >= 15 is 0 Å². The van der Waals surface area contributed by atoms with Gasteiger partial charge in [0.2, 0.25) is 5.82 Å². The highest BCUT2D eigenvalue weighted by molar-refractivity contribution is 6.33. The van der Waals surface area contributed by atoms with Gasteiger partial charge in [0, 0.05) is 35.0 Å². The van der Waals surface area contributed by atoms with Crippen LogP contribution in [0.15, 0.2) is 122 Å². The zero-order valence-electron chi connectivity index (χ0n) is 38.0. The molecule has 0 saturated heterocycles. The van der Waals surface area contributed by atoms with Crippen molar-refractivity contribution in [1.82, 2.24) is 20.5 Å². The van der Waals surface area contributed by atoms with Crippen LogP contribution < -0.4 is 26.6 Å². The van der Waals surface area contributed by atoms with E-state index in [4.69, 9.17) is 11.6 Å². The number of halogens is 1. The summed E-state index contributed by atoms with van der Waals surface area (Å²) in [4.78, 5) is 27.7. The van der Waals surface area contributed by atoms with Crippen LogP contribution in [-0.4, -0.2) is 33.5 Å². The molecule has 8 fully saturated rings. The first-order chi connectivity index (χ1) is 32.7. The van der Waals surface area contributed by atoms with Crippen molar-refractivity contribution in [3.05, 3.63) is 149 Å². The Labute approximate surface area is 397 Å². The van der Waals surface area contributed by atoms with Gasteiger partial charge in [0.15, 0.2) is 0 Å². The number of carbonyl (C=O) groups excluding carboxylic acids is 2. The van der Waals surface area contributed by atoms with Crippen molar-refractivity contribution in [1.29, 1.82) is 0 Å². The molecule has 1 aromatic heterocycles. The van der Waals surface area contributed by atoms with Gasteiger partial charge in [0.25, 0.3) is 11.8 Å². The molecule has 8 aliphatic carbocycles. The molecular formula is C56H59ClN8O2. The predicted molar refractivity (Wildman–Crippen MR) is 267 cm³/mol. The normalized spacial score (nSPS) is 29.6. The quantitative estimate of drug-likeness (QED) is 0.0679. The number of nitrogens with one attached hydrogen (secondary N) is 6. The number of hydrogen-bond acceptors (Lipinski definition) is 7. The van der Waals surface area contributed by atoms with Crippen LogP contribution in [0.25, 0.3) is 0 Å². The van der Waals surface area contributed by atoms with E-state index in [1.807, 2.05) is 55.5 Å². The molecule has 4 atom stereocenters. The molecule has 0 radical (unpaired) electrons. The monoisotopic (exact) mass is 910 g/mol. The molecule has 10 nitrogen and oxygen atoms in total. The number of H-pyrrole nitrogens is 1. The molecule has 67 heavy (non-hydrogen) atoms. The zero-order chi connectivity index (χ0) is 45.3. The number of anilines is 7. The lowest BCUT2D eigenvalue weighted by Gasteiger charge is -2.68. The molecule has 6 N–H and O–H groups in total. The van der Waals surface area contributed by atoms with Gasteiger partial charge in [-0.05, 0) is 225 Å². The summed E-state index contributed by atoms with van der Waals surface area (Å²) in [6.45, 7) is 2.52. The average molecular weight is 912 g/mol. The number of amides is 2. The fourth-order valence-corrected chi connectivity index (χ4v) is 15.5. The van der Waals surface area contributed by atoms with E-state index < -0.39 is 0 Å². The average Bonchev–Trinajstić information content (AvgIpc) is 3.88. The van der Waals surface area contributed by atoms with Crippen molar-refractivity contribution in [2.24, 2.45) is 47.3 Å². The lowest BCUT2D eigenvalue weighted by Crippen LogP contribution is -2.61. The number of rotatable bonds is 13. The van der Waals surface area contributed by atoms with E-state index in [1.165, 1.54) is 76.1 Å². The van der Waals surface area contributed by atoms with Crippen LogP contribution in [0.3, 0.4) is 0 Å². The number of nitrogens with zero attached hydrogens (tertiary/aromatic N) is 2. The van der Waals surface area contributed by atoms with E-state index in [9.17, 15) is 9.59 Å². The Morgan fingerprint density at radius 1 is 0.597 bits per heavy atom. The molecule has 6 aromatic rings. The molecule has 8 bridgehead atoms. The predicted octanol–water partition coefficient (Wildman–Crippen LogP) is 12.8. The molecule has 1 heterocycles. The van der Waals surface area contributed by atoms with Crippen molar-refractivity contribution < 1.29 is 9.59 Å². The lowest BCUT2D eigenvalue weighted by molar-refractivity contribution is -0.151. The van der Waals surface area contributed by atoms with Crippen LogP contribution in [0.4, 0.5) is 39.8 Å². The lowest BCUT2D eigenvalue weighted by atomic mass is 9.37. The third-order valence-electron chi connectivity index (χ3n) is 17.2. The maximum Gasteiger partial charge on any atom is 0.293 e. The second-order valence-corrected chi connectivity index (χ2v) is 21.6. The molecule has 2 amide bonds. The van der Waals surface area contributed by atoms with E-state index in [2.05, 4.69) is 108 Å². The third kappa shape index (κ3) is 7.84. The minimum absolute atomic E-state index is 0.0745. The number of aromatic amines is 1. The van der Waals surface area contributed by atoms with Gasteiger partial charge in [-0.25, -0.2) is 0 Å². The number of carbonyl (C=O) groups is 2. The van der Waals surface area contributed by atoms with E-state index in [0.717, 1.165) is 86.5 Å². The smallest absolute Gasteiger partial charge is 0.293 e. The van der Waals surface area contributed by atoms with Crippen LogP contribution in [0, 0.1) is 47.3 Å². The van der Waals surface area contributed by atoms with Crippen LogP contribution in [-0.2, 0) is 10.8 Å². The highest BCUT2D eigenvalue weighted by Crippen LogP contribution is 2.71. The Hall–Kier alpha value is -6.13. The molecule has 0 aliphatic heterocycles. The topological polar surface area (TPSA) is 136 Å². The van der Waals surface area contributed by atoms with Crippen molar-refractivity contribution in [3.63, 3.8) is 0 Å². The SMILES string of the molecule is CCNC(=O)c1ccccc1Nc1ccc(Nc2ccc(C34CC5CC(C3)C(C3C6CC7CC3CC(c3ccc(Nc8ccc(NC(=O)c9nnc[nH]9)cc8)c(Cl)c3)(C7)C6)C(C5)C4)cc2)cc1. The molecular weight excluding hydrogens is 852 g/mol. The molecule has 11 heteroatoms. The maximum atomic E-state index is 12.6. The van der Waals surface area contributed by atoms with E-state index in [0.29, 0.717) is 23.2 Å². The fourth-order valence-electron chi connectivity index (χ4n) is 15.2. The Morgan fingerprint density at radius 3 is 1.66 bits per heavy atom. The van der Waals surface area contributed by atoms with Gasteiger partial charge in [-0.2, -0.15) is 0 Å². The molecule has 4 unspecified atom stereocenters. The van der Waals surface area contributed by atoms with Crippen molar-refractivity contribution in [2.45, 2.75) is 82.0 Å². The summed E-state index contributed by atoms with van der Waals surface area (Å²) in [6.07, 6.45) is 15.2. The van der Waals surface area contributed by atoms with Gasteiger partial charge in [-0.1, -0.05) is 41.9 Å². The van der Waals surface area contributed by atoms with Gasteiger partial charge in [-0.3, -0.25) is 9.59 Å². The van der Waals surface area contributed by atoms with Crippen LogP contribution in [0.1, 0.15) is 103 Å². The fraction of sp³-hybridized carbons (Fsp3) is 0.393. The van der Waals surface area contributed by atoms with Gasteiger partial charge >= 0.3 is 0 Å². The first kappa shape index (κ1) is 42.2. The molecule has 14 rings (SSSR count). The first-order valence-corrected chi connectivity index (χ1v) is 25.0. The largest absolute Gasteiger partial charge is 0.356 e. The minimum atomic E-state index is -0.333. The zero-order valence-corrected chi connectivity index (χ0v) is 38.8. The summed E-state index contributed by atoms with van der Waals surface area (Å²) in [6, 6.07) is 39.9. The van der Waals surface area contributed by atoms with E-state index in [-0.39, 0.29) is 23.1 Å². The maximum absolute atomic E-state index is 12.6. The van der Waals surface area contributed by atoms with Crippen molar-refractivity contribution in [3.8, 4) is 0 Å². The number of fused-ring (bicyclic) bond motifs is 1. The molecule has 5 aromatic carbocycles. The van der Waals surface area contributed by atoms with Crippen molar-refractivity contribution in [2.75, 3.05) is 27.8 Å². The van der Waals surface area contributed by atoms with Gasteiger partial charge in [-0.15, -0.1) is 10.2 Å². The third-order valence-corrected chi connectivity index (χ3v) is 17.5. The molecule has 8 aliphatic rings. The van der Waals surface area contributed by atoms with Gasteiger partial charge in [0.05, 0.1) is 22.0 Å². The second-order valence-electron chi connectivity index (χ2n) is 21.2. The van der Waals surface area contributed by atoms with Gasteiger partial charge < -0.3 is 31.6 Å². The number of aromatic nitrogens is 3. The minimum Gasteiger partial charge on any atom is -0.356 e. The Bertz CT molecular complexity index is 2760. The Balaban J connectivity index is 0.692. The second kappa shape index (κ2) is 16.9. The van der Waals surface area contributed by atoms with Crippen LogP contribution in [0.2, 0.25) is 5.02 Å². The number of hydrogen-bond donors (Lipinski definition) is 6. The Kier molecular flexibility index (Phi) is 10.6. The summed E-state index contributed by atoms with van der Waals surface area (Å²) in [7, 11) is 0. The van der Waals surface area contributed by atoms with Crippen LogP contribution in [0.5, 0.6) is 0 Å². The molecule has 0 spiro atoms. The first-order valence-electron chi connectivity index (χ1n) is 24.7. The standard InChI is InChI=1S/C56H59ClN8O2/c1-2-58-53(66)46-5-3-4-6-48(46)62-43-14-12-42(13-15-43)61-41-10-7-39(8-11-41)55-26-33-21-35(28-55)50(36(22-33)29-55)51-37-23-34-24-38(51)31-56(27-34,30-37)40-9-20-49(47(57)25-40)63-44-16-18-45(19-17-44)64-54(67)52-59-32-60-65-52/h3-20,25,32-38,50-51,61-63H,2,21-24,26-31H2,1H3,(H,58,66)(H,64,67)(H,59,60,65). The summed E-state index contributed by atoms with van der Waals surface area (Å²) in [5.41, 5.74) is 10.6. The summed E-state index contributed by atoms with van der Waals surface area (Å²) < 4.78 is 0. The summed E-state index contributed by atoms with van der Waals surface area (Å²) in [5, 5.41) is 24.6. The molecule has 8 saturated carbocycles.